The van der Waals surface area contributed by atoms with Crippen molar-refractivity contribution in [2.45, 2.75) is 27.7 Å². The van der Waals surface area contributed by atoms with Gasteiger partial charge in [-0.05, 0) is 24.6 Å². The zero-order valence-electron chi connectivity index (χ0n) is 11.9. The Morgan fingerprint density at radius 3 is 2.55 bits per heavy atom. The van der Waals surface area contributed by atoms with Crippen LogP contribution >= 0.6 is 11.3 Å². The molecule has 5 nitrogen and oxygen atoms in total. The first kappa shape index (κ1) is 14.5. The van der Waals surface area contributed by atoms with Crippen LogP contribution in [0.3, 0.4) is 0 Å². The van der Waals surface area contributed by atoms with Gasteiger partial charge in [-0.15, -0.1) is 0 Å². The molecule has 106 valence electrons. The predicted molar refractivity (Wildman–Crippen MR) is 82.1 cm³/mol. The van der Waals surface area contributed by atoms with E-state index in [9.17, 15) is 9.59 Å². The molecule has 2 aromatic rings. The molecular formula is C14H17N3O2S. The van der Waals surface area contributed by atoms with Crippen molar-refractivity contribution in [1.82, 2.24) is 4.98 Å². The summed E-state index contributed by atoms with van der Waals surface area (Å²) in [5, 5.41) is 6.13. The quantitative estimate of drug-likeness (QED) is 0.912. The highest BCUT2D eigenvalue weighted by molar-refractivity contribution is 7.22. The number of rotatable bonds is 3. The lowest BCUT2D eigenvalue weighted by atomic mass is 10.1. The first-order chi connectivity index (χ1) is 9.36. The molecule has 0 unspecified atom stereocenters. The maximum atomic E-state index is 11.7. The van der Waals surface area contributed by atoms with E-state index < -0.39 is 0 Å². The number of nitrogens with zero attached hydrogens (tertiary/aromatic N) is 1. The van der Waals surface area contributed by atoms with Gasteiger partial charge in [0, 0.05) is 18.5 Å². The molecule has 2 amide bonds. The normalized spacial score (nSPS) is 10.8. The van der Waals surface area contributed by atoms with Crippen LogP contribution in [0.5, 0.6) is 0 Å². The largest absolute Gasteiger partial charge is 0.326 e. The van der Waals surface area contributed by atoms with Gasteiger partial charge >= 0.3 is 0 Å². The van der Waals surface area contributed by atoms with Gasteiger partial charge in [0.1, 0.15) is 0 Å². The van der Waals surface area contributed by atoms with Crippen LogP contribution in [0.25, 0.3) is 10.2 Å². The van der Waals surface area contributed by atoms with Crippen molar-refractivity contribution in [2.24, 2.45) is 5.92 Å². The fourth-order valence-electron chi connectivity index (χ4n) is 1.76. The topological polar surface area (TPSA) is 71.1 Å². The van der Waals surface area contributed by atoms with Crippen molar-refractivity contribution in [3.63, 3.8) is 0 Å². The number of nitrogens with one attached hydrogen (secondary N) is 2. The number of carbonyl (C=O) groups excluding carboxylic acids is 2. The lowest BCUT2D eigenvalue weighted by Crippen LogP contribution is -2.17. The predicted octanol–water partition coefficient (Wildman–Crippen LogP) is 3.16. The molecule has 0 spiro atoms. The van der Waals surface area contributed by atoms with Crippen LogP contribution in [0, 0.1) is 12.8 Å². The van der Waals surface area contributed by atoms with E-state index in [0.717, 1.165) is 21.5 Å². The Kier molecular flexibility index (Phi) is 4.04. The molecule has 0 aliphatic rings. The standard InChI is InChI=1S/C14H17N3O2S/c1-7(2)13(19)16-10-5-8(3)12-11(6-10)20-14(17-12)15-9(4)18/h5-7H,1-4H3,(H,16,19)(H,15,17,18). The number of carbonyl (C=O) groups is 2. The average Bonchev–Trinajstić information content (AvgIpc) is 2.70. The molecule has 2 N–H and O–H groups in total. The first-order valence-electron chi connectivity index (χ1n) is 6.36. The van der Waals surface area contributed by atoms with Gasteiger partial charge in [0.05, 0.1) is 10.2 Å². The molecule has 0 aliphatic heterocycles. The number of anilines is 2. The van der Waals surface area contributed by atoms with Crippen LogP contribution in [0.2, 0.25) is 0 Å². The van der Waals surface area contributed by atoms with Gasteiger partial charge in [-0.1, -0.05) is 25.2 Å². The van der Waals surface area contributed by atoms with E-state index in [1.807, 2.05) is 32.9 Å². The Morgan fingerprint density at radius 2 is 1.95 bits per heavy atom. The van der Waals surface area contributed by atoms with Crippen molar-refractivity contribution >= 4 is 44.2 Å². The molecule has 0 atom stereocenters. The smallest absolute Gasteiger partial charge is 0.226 e. The molecular weight excluding hydrogens is 274 g/mol. The van der Waals surface area contributed by atoms with Gasteiger partial charge in [-0.25, -0.2) is 4.98 Å². The molecule has 6 heteroatoms. The zero-order chi connectivity index (χ0) is 14.9. The number of aryl methyl sites for hydroxylation is 1. The number of fused-ring (bicyclic) bond motifs is 1. The molecule has 1 aromatic heterocycles. The van der Waals surface area contributed by atoms with E-state index in [1.165, 1.54) is 18.3 Å². The van der Waals surface area contributed by atoms with E-state index in [4.69, 9.17) is 0 Å². The summed E-state index contributed by atoms with van der Waals surface area (Å²) in [7, 11) is 0. The summed E-state index contributed by atoms with van der Waals surface area (Å²) in [5.41, 5.74) is 2.57. The summed E-state index contributed by atoms with van der Waals surface area (Å²) in [6.07, 6.45) is 0. The third-order valence-corrected chi connectivity index (χ3v) is 3.68. The molecule has 0 fully saturated rings. The lowest BCUT2D eigenvalue weighted by molar-refractivity contribution is -0.119. The molecule has 0 bridgehead atoms. The Bertz CT molecular complexity index is 676. The highest BCUT2D eigenvalue weighted by Gasteiger charge is 2.12. The van der Waals surface area contributed by atoms with Crippen LogP contribution in [0.1, 0.15) is 26.3 Å². The van der Waals surface area contributed by atoms with Crippen molar-refractivity contribution in [3.8, 4) is 0 Å². The molecule has 0 saturated carbocycles. The van der Waals surface area contributed by atoms with Crippen LogP contribution < -0.4 is 10.6 Å². The van der Waals surface area contributed by atoms with Gasteiger partial charge < -0.3 is 10.6 Å². The van der Waals surface area contributed by atoms with Crippen LogP contribution in [0.15, 0.2) is 12.1 Å². The molecule has 1 heterocycles. The Morgan fingerprint density at radius 1 is 1.25 bits per heavy atom. The SMILES string of the molecule is CC(=O)Nc1nc2c(C)cc(NC(=O)C(C)C)cc2s1. The van der Waals surface area contributed by atoms with Gasteiger partial charge in [0.2, 0.25) is 11.8 Å². The summed E-state index contributed by atoms with van der Waals surface area (Å²) in [6, 6.07) is 3.77. The lowest BCUT2D eigenvalue weighted by Gasteiger charge is -2.08. The average molecular weight is 291 g/mol. The second-order valence-corrected chi connectivity index (χ2v) is 6.01. The summed E-state index contributed by atoms with van der Waals surface area (Å²) in [6.45, 7) is 7.09. The molecule has 0 radical (unpaired) electrons. The van der Waals surface area contributed by atoms with Crippen LogP contribution in [0.4, 0.5) is 10.8 Å². The second-order valence-electron chi connectivity index (χ2n) is 4.98. The minimum Gasteiger partial charge on any atom is -0.326 e. The van der Waals surface area contributed by atoms with Gasteiger partial charge in [0.15, 0.2) is 5.13 Å². The number of aromatic nitrogens is 1. The Balaban J connectivity index is 2.36. The van der Waals surface area contributed by atoms with E-state index in [-0.39, 0.29) is 17.7 Å². The van der Waals surface area contributed by atoms with Gasteiger partial charge in [-0.3, -0.25) is 9.59 Å². The van der Waals surface area contributed by atoms with Crippen LogP contribution in [-0.4, -0.2) is 16.8 Å². The Hall–Kier alpha value is -1.95. The number of hydrogen-bond donors (Lipinski definition) is 2. The maximum Gasteiger partial charge on any atom is 0.226 e. The zero-order valence-corrected chi connectivity index (χ0v) is 12.7. The minimum atomic E-state index is -0.143. The van der Waals surface area contributed by atoms with Gasteiger partial charge in [-0.2, -0.15) is 0 Å². The summed E-state index contributed by atoms with van der Waals surface area (Å²) in [5.74, 6) is -0.229. The third kappa shape index (κ3) is 3.14. The number of benzene rings is 1. The molecule has 0 saturated heterocycles. The third-order valence-electron chi connectivity index (χ3n) is 2.76. The number of hydrogen-bond acceptors (Lipinski definition) is 4. The first-order valence-corrected chi connectivity index (χ1v) is 7.18. The van der Waals surface area contributed by atoms with E-state index in [0.29, 0.717) is 5.13 Å². The molecule has 1 aromatic carbocycles. The van der Waals surface area contributed by atoms with E-state index in [1.54, 1.807) is 0 Å². The van der Waals surface area contributed by atoms with Crippen molar-refractivity contribution in [2.75, 3.05) is 10.6 Å². The number of amides is 2. The monoisotopic (exact) mass is 291 g/mol. The molecule has 0 aliphatic carbocycles. The summed E-state index contributed by atoms with van der Waals surface area (Å²) >= 11 is 1.40. The maximum absolute atomic E-state index is 11.7. The van der Waals surface area contributed by atoms with E-state index >= 15 is 0 Å². The highest BCUT2D eigenvalue weighted by atomic mass is 32.1. The molecule has 2 rings (SSSR count). The van der Waals surface area contributed by atoms with Crippen LogP contribution in [-0.2, 0) is 9.59 Å². The van der Waals surface area contributed by atoms with E-state index in [2.05, 4.69) is 15.6 Å². The molecule has 20 heavy (non-hydrogen) atoms. The fraction of sp³-hybridized carbons (Fsp3) is 0.357. The highest BCUT2D eigenvalue weighted by Crippen LogP contribution is 2.31. The fourth-order valence-corrected chi connectivity index (χ4v) is 2.79. The van der Waals surface area contributed by atoms with Crippen molar-refractivity contribution in [1.29, 1.82) is 0 Å². The summed E-state index contributed by atoms with van der Waals surface area (Å²) < 4.78 is 0.938. The number of thiazole rings is 1. The second kappa shape index (κ2) is 5.58. The van der Waals surface area contributed by atoms with Gasteiger partial charge in [0.25, 0.3) is 0 Å². The van der Waals surface area contributed by atoms with Crippen molar-refractivity contribution in [3.05, 3.63) is 17.7 Å². The van der Waals surface area contributed by atoms with Crippen molar-refractivity contribution < 1.29 is 9.59 Å². The Labute approximate surface area is 121 Å². The summed E-state index contributed by atoms with van der Waals surface area (Å²) in [4.78, 5) is 27.2. The minimum absolute atomic E-state index is 0.0182.